The number of benzene rings is 1. The minimum absolute atomic E-state index is 0.128. The molecule has 0 spiro atoms. The van der Waals surface area contributed by atoms with Crippen LogP contribution in [0.15, 0.2) is 24.3 Å². The van der Waals surface area contributed by atoms with Crippen LogP contribution in [0.5, 0.6) is 5.75 Å². The van der Waals surface area contributed by atoms with Crippen LogP contribution in [-0.4, -0.2) is 59.1 Å². The summed E-state index contributed by atoms with van der Waals surface area (Å²) in [4.78, 5) is 39.3. The van der Waals surface area contributed by atoms with Gasteiger partial charge in [-0.3, -0.25) is 14.4 Å². The molecule has 1 aromatic heterocycles. The van der Waals surface area contributed by atoms with E-state index in [0.29, 0.717) is 37.0 Å². The molecule has 10 heteroatoms. The fourth-order valence-corrected chi connectivity index (χ4v) is 5.06. The highest BCUT2D eigenvalue weighted by Crippen LogP contribution is 2.24. The van der Waals surface area contributed by atoms with E-state index in [9.17, 15) is 14.4 Å². The van der Waals surface area contributed by atoms with Crippen LogP contribution in [0.2, 0.25) is 0 Å². The van der Waals surface area contributed by atoms with E-state index in [0.717, 1.165) is 37.0 Å². The summed E-state index contributed by atoms with van der Waals surface area (Å²) in [5, 5.41) is 14.1. The molecule has 1 saturated heterocycles. The van der Waals surface area contributed by atoms with E-state index in [1.807, 2.05) is 0 Å². The highest BCUT2D eigenvalue weighted by Gasteiger charge is 2.28. The third-order valence-electron chi connectivity index (χ3n) is 6.25. The van der Waals surface area contributed by atoms with Crippen molar-refractivity contribution in [2.75, 3.05) is 25.5 Å². The molecular formula is C23H29N5O4S. The second-order valence-electron chi connectivity index (χ2n) is 8.58. The number of rotatable bonds is 7. The van der Waals surface area contributed by atoms with Gasteiger partial charge in [-0.05, 0) is 55.9 Å². The average Bonchev–Trinajstić information content (AvgIpc) is 3.52. The summed E-state index contributed by atoms with van der Waals surface area (Å²) in [5.74, 6) is 0.475. The van der Waals surface area contributed by atoms with E-state index in [4.69, 9.17) is 4.74 Å². The number of hydrogen-bond donors (Lipinski definition) is 2. The molecule has 33 heavy (non-hydrogen) atoms. The summed E-state index contributed by atoms with van der Waals surface area (Å²) in [6.07, 6.45) is 6.65. The number of carbonyl (C=O) groups is 3. The topological polar surface area (TPSA) is 114 Å². The third kappa shape index (κ3) is 6.07. The van der Waals surface area contributed by atoms with Crippen LogP contribution in [0.4, 0.5) is 5.69 Å². The first-order valence-corrected chi connectivity index (χ1v) is 12.2. The van der Waals surface area contributed by atoms with E-state index < -0.39 is 5.91 Å². The van der Waals surface area contributed by atoms with Crippen molar-refractivity contribution in [2.45, 2.75) is 51.0 Å². The molecule has 3 amide bonds. The molecule has 2 aromatic rings. The van der Waals surface area contributed by atoms with Gasteiger partial charge >= 0.3 is 0 Å². The quantitative estimate of drug-likeness (QED) is 0.642. The highest BCUT2D eigenvalue weighted by atomic mass is 32.1. The number of carbonyl (C=O) groups excluding carboxylic acids is 3. The van der Waals surface area contributed by atoms with Gasteiger partial charge in [0.05, 0.1) is 7.11 Å². The molecule has 1 saturated carbocycles. The first-order chi connectivity index (χ1) is 16.0. The van der Waals surface area contributed by atoms with Crippen molar-refractivity contribution in [2.24, 2.45) is 5.92 Å². The summed E-state index contributed by atoms with van der Waals surface area (Å²) >= 11 is 0.985. The maximum absolute atomic E-state index is 12.8. The highest BCUT2D eigenvalue weighted by molar-refractivity contribution is 7.15. The van der Waals surface area contributed by atoms with Crippen molar-refractivity contribution in [3.63, 3.8) is 0 Å². The molecule has 2 fully saturated rings. The molecular weight excluding hydrogens is 442 g/mol. The normalized spacial score (nSPS) is 17.1. The molecule has 2 N–H and O–H groups in total. The first-order valence-electron chi connectivity index (χ1n) is 11.4. The number of ether oxygens (including phenoxy) is 1. The fraction of sp³-hybridized carbons (Fsp3) is 0.522. The number of methoxy groups -OCH3 is 1. The lowest BCUT2D eigenvalue weighted by atomic mass is 9.93. The molecule has 9 nitrogen and oxygen atoms in total. The lowest BCUT2D eigenvalue weighted by Crippen LogP contribution is -2.40. The molecule has 176 valence electrons. The zero-order valence-corrected chi connectivity index (χ0v) is 19.5. The Morgan fingerprint density at radius 1 is 1.03 bits per heavy atom. The van der Waals surface area contributed by atoms with Crippen molar-refractivity contribution in [1.29, 1.82) is 0 Å². The van der Waals surface area contributed by atoms with Gasteiger partial charge < -0.3 is 20.3 Å². The molecule has 1 aliphatic heterocycles. The maximum Gasteiger partial charge on any atom is 0.286 e. The van der Waals surface area contributed by atoms with Crippen molar-refractivity contribution in [3.8, 4) is 5.75 Å². The van der Waals surface area contributed by atoms with Crippen LogP contribution >= 0.6 is 11.3 Å². The second-order valence-corrected chi connectivity index (χ2v) is 9.56. The largest absolute Gasteiger partial charge is 0.497 e. The van der Waals surface area contributed by atoms with Gasteiger partial charge in [0.25, 0.3) is 11.8 Å². The van der Waals surface area contributed by atoms with Gasteiger partial charge in [0, 0.05) is 31.2 Å². The number of likely N-dealkylation sites (tertiary alicyclic amines) is 1. The van der Waals surface area contributed by atoms with Gasteiger partial charge in [-0.2, -0.15) is 0 Å². The third-order valence-corrected chi connectivity index (χ3v) is 7.16. The number of nitrogens with one attached hydrogen (secondary N) is 2. The van der Waals surface area contributed by atoms with Crippen LogP contribution in [0.3, 0.4) is 0 Å². The molecule has 1 aliphatic carbocycles. The number of amides is 3. The monoisotopic (exact) mass is 471 g/mol. The molecule has 1 aromatic carbocycles. The van der Waals surface area contributed by atoms with Crippen molar-refractivity contribution in [1.82, 2.24) is 20.4 Å². The molecule has 0 bridgehead atoms. The van der Waals surface area contributed by atoms with E-state index in [-0.39, 0.29) is 27.7 Å². The van der Waals surface area contributed by atoms with Gasteiger partial charge in [0.1, 0.15) is 5.75 Å². The minimum Gasteiger partial charge on any atom is -0.497 e. The summed E-state index contributed by atoms with van der Waals surface area (Å²) in [7, 11) is 1.57. The molecule has 2 heterocycles. The Balaban J connectivity index is 1.25. The Morgan fingerprint density at radius 3 is 2.36 bits per heavy atom. The van der Waals surface area contributed by atoms with Crippen molar-refractivity contribution >= 4 is 34.7 Å². The number of nitrogens with zero attached hydrogens (tertiary/aromatic N) is 3. The van der Waals surface area contributed by atoms with Gasteiger partial charge in [-0.15, -0.1) is 10.2 Å². The zero-order valence-electron chi connectivity index (χ0n) is 18.7. The predicted molar refractivity (Wildman–Crippen MR) is 124 cm³/mol. The van der Waals surface area contributed by atoms with Crippen LogP contribution in [0, 0.1) is 5.92 Å². The van der Waals surface area contributed by atoms with Crippen LogP contribution in [-0.2, 0) is 4.79 Å². The summed E-state index contributed by atoms with van der Waals surface area (Å²) < 4.78 is 5.10. The van der Waals surface area contributed by atoms with Crippen LogP contribution < -0.4 is 15.4 Å². The standard InChI is InChI=1S/C23H29N5O4S/c1-32-18-8-6-17(7-9-18)25-20(30)21-26-27-22(33-21)23(31)28-12-10-15(11-13-28)14-19(29)24-16-4-2-3-5-16/h6-9,15-16H,2-5,10-14H2,1H3,(H,24,29)(H,25,30). The number of aromatic nitrogens is 2. The minimum atomic E-state index is -0.413. The van der Waals surface area contributed by atoms with Crippen LogP contribution in [0.1, 0.15) is 64.6 Å². The summed E-state index contributed by atoms with van der Waals surface area (Å²) in [6.45, 7) is 1.15. The van der Waals surface area contributed by atoms with Crippen LogP contribution in [0.25, 0.3) is 0 Å². The van der Waals surface area contributed by atoms with Gasteiger partial charge in [-0.1, -0.05) is 24.2 Å². The summed E-state index contributed by atoms with van der Waals surface area (Å²) in [6, 6.07) is 7.27. The molecule has 2 aliphatic rings. The van der Waals surface area contributed by atoms with E-state index in [1.54, 1.807) is 36.3 Å². The maximum atomic E-state index is 12.8. The Labute approximate surface area is 196 Å². The molecule has 4 rings (SSSR count). The number of anilines is 1. The Hall–Kier alpha value is -3.01. The van der Waals surface area contributed by atoms with Crippen molar-refractivity contribution in [3.05, 3.63) is 34.3 Å². The Kier molecular flexibility index (Phi) is 7.54. The Bertz CT molecular complexity index is 979. The number of hydrogen-bond acceptors (Lipinski definition) is 7. The van der Waals surface area contributed by atoms with Gasteiger partial charge in [-0.25, -0.2) is 0 Å². The average molecular weight is 472 g/mol. The molecule has 0 unspecified atom stereocenters. The van der Waals surface area contributed by atoms with E-state index in [1.165, 1.54) is 12.8 Å². The molecule has 0 atom stereocenters. The zero-order chi connectivity index (χ0) is 23.2. The molecule has 0 radical (unpaired) electrons. The lowest BCUT2D eigenvalue weighted by Gasteiger charge is -2.31. The Morgan fingerprint density at radius 2 is 1.70 bits per heavy atom. The SMILES string of the molecule is COc1ccc(NC(=O)c2nnc(C(=O)N3CCC(CC(=O)NC4CCCC4)CC3)s2)cc1. The lowest BCUT2D eigenvalue weighted by molar-refractivity contribution is -0.123. The smallest absolute Gasteiger partial charge is 0.286 e. The van der Waals surface area contributed by atoms with Gasteiger partial charge in [0.2, 0.25) is 15.9 Å². The summed E-state index contributed by atoms with van der Waals surface area (Å²) in [5.41, 5.74) is 0.600. The predicted octanol–water partition coefficient (Wildman–Crippen LogP) is 3.10. The number of piperidine rings is 1. The first kappa shape index (κ1) is 23.2. The fourth-order valence-electron chi connectivity index (χ4n) is 4.35. The van der Waals surface area contributed by atoms with E-state index >= 15 is 0 Å². The van der Waals surface area contributed by atoms with E-state index in [2.05, 4.69) is 20.8 Å². The van der Waals surface area contributed by atoms with Gasteiger partial charge in [0.15, 0.2) is 0 Å². The van der Waals surface area contributed by atoms with Crippen molar-refractivity contribution < 1.29 is 19.1 Å². The second kappa shape index (κ2) is 10.7.